The Hall–Kier alpha value is -0.530. The molecule has 0 aliphatic rings. The zero-order valence-corrected chi connectivity index (χ0v) is 15.9. The normalized spacial score (nSPS) is 11.8. The summed E-state index contributed by atoms with van der Waals surface area (Å²) in [5.74, 6) is 1.21. The summed E-state index contributed by atoms with van der Waals surface area (Å²) in [4.78, 5) is 14.1. The minimum atomic E-state index is 0. The highest BCUT2D eigenvalue weighted by molar-refractivity contribution is 14.1. The first-order valence-electron chi connectivity index (χ1n) is 6.71. The van der Waals surface area contributed by atoms with Gasteiger partial charge in [-0.2, -0.15) is 0 Å². The van der Waals surface area contributed by atoms with E-state index in [1.807, 2.05) is 25.2 Å². The number of nitrogens with two attached hydrogens (primary N) is 1. The van der Waals surface area contributed by atoms with Crippen LogP contribution in [0.2, 0.25) is 0 Å². The Balaban J connectivity index is 0.00000400. The van der Waals surface area contributed by atoms with Crippen molar-refractivity contribution < 1.29 is 9.53 Å². The van der Waals surface area contributed by atoms with Crippen molar-refractivity contribution >= 4 is 40.9 Å². The predicted molar refractivity (Wildman–Crippen MR) is 97.3 cm³/mol. The molecule has 1 unspecified atom stereocenters. The molecule has 0 saturated heterocycles. The molecule has 6 heteroatoms. The molecule has 0 bridgehead atoms. The van der Waals surface area contributed by atoms with Crippen molar-refractivity contribution in [3.8, 4) is 5.75 Å². The molecule has 0 aromatic heterocycles. The minimum Gasteiger partial charge on any atom is -0.497 e. The van der Waals surface area contributed by atoms with Gasteiger partial charge in [0, 0.05) is 23.2 Å². The molecule has 1 amide bonds. The number of nitrogens with zero attached hydrogens (tertiary/aromatic N) is 1. The van der Waals surface area contributed by atoms with Gasteiger partial charge in [0.25, 0.3) is 5.91 Å². The van der Waals surface area contributed by atoms with Crippen LogP contribution in [0.15, 0.2) is 18.2 Å². The predicted octanol–water partition coefficient (Wildman–Crippen LogP) is 3.17. The van der Waals surface area contributed by atoms with Crippen molar-refractivity contribution in [1.29, 1.82) is 0 Å². The Bertz CT molecular complexity index is 469. The Morgan fingerprint density at radius 1 is 1.43 bits per heavy atom. The van der Waals surface area contributed by atoms with E-state index >= 15 is 0 Å². The summed E-state index contributed by atoms with van der Waals surface area (Å²) in [6.07, 6.45) is 0.812. The summed E-state index contributed by atoms with van der Waals surface area (Å²) in [5, 5.41) is 0. The van der Waals surface area contributed by atoms with E-state index in [2.05, 4.69) is 36.4 Å². The number of benzene rings is 1. The first kappa shape index (κ1) is 20.5. The second-order valence-corrected chi connectivity index (χ2v) is 6.43. The summed E-state index contributed by atoms with van der Waals surface area (Å²) in [6, 6.07) is 5.60. The van der Waals surface area contributed by atoms with E-state index in [9.17, 15) is 4.79 Å². The zero-order chi connectivity index (χ0) is 15.3. The van der Waals surface area contributed by atoms with Gasteiger partial charge >= 0.3 is 0 Å². The Kier molecular flexibility index (Phi) is 9.24. The number of rotatable bonds is 6. The van der Waals surface area contributed by atoms with Gasteiger partial charge in [-0.25, -0.2) is 0 Å². The van der Waals surface area contributed by atoms with Crippen LogP contribution in [0.5, 0.6) is 5.75 Å². The standard InChI is InChI=1S/C15H23IN2O2.ClH/c1-10(2)14(17)7-8-18(3)15(19)12-6-5-11(20-4)9-13(12)16;/h5-6,9-10,14H,7-8,17H2,1-4H3;1H. The van der Waals surface area contributed by atoms with Crippen molar-refractivity contribution in [3.05, 3.63) is 27.3 Å². The number of amides is 1. The number of halogens is 2. The molecule has 0 saturated carbocycles. The number of hydrogen-bond acceptors (Lipinski definition) is 3. The largest absolute Gasteiger partial charge is 0.497 e. The number of methoxy groups -OCH3 is 1. The van der Waals surface area contributed by atoms with Crippen LogP contribution in [0.25, 0.3) is 0 Å². The molecular weight excluding hydrogens is 403 g/mol. The molecule has 1 rings (SSSR count). The van der Waals surface area contributed by atoms with E-state index in [1.54, 1.807) is 12.0 Å². The van der Waals surface area contributed by atoms with Crippen LogP contribution in [0.3, 0.4) is 0 Å². The van der Waals surface area contributed by atoms with Gasteiger partial charge in [0.15, 0.2) is 0 Å². The molecule has 1 aromatic carbocycles. The summed E-state index contributed by atoms with van der Waals surface area (Å²) >= 11 is 2.16. The second kappa shape index (κ2) is 9.48. The van der Waals surface area contributed by atoms with Gasteiger partial charge in [-0.05, 0) is 53.1 Å². The minimum absolute atomic E-state index is 0. The van der Waals surface area contributed by atoms with Crippen LogP contribution in [-0.2, 0) is 0 Å². The maximum absolute atomic E-state index is 12.4. The molecule has 0 spiro atoms. The molecule has 21 heavy (non-hydrogen) atoms. The first-order valence-corrected chi connectivity index (χ1v) is 7.79. The Morgan fingerprint density at radius 3 is 2.52 bits per heavy atom. The van der Waals surface area contributed by atoms with Gasteiger partial charge in [-0.15, -0.1) is 12.4 Å². The van der Waals surface area contributed by atoms with Crippen molar-refractivity contribution in [2.45, 2.75) is 26.3 Å². The van der Waals surface area contributed by atoms with Crippen LogP contribution >= 0.6 is 35.0 Å². The van der Waals surface area contributed by atoms with Crippen molar-refractivity contribution in [2.24, 2.45) is 11.7 Å². The lowest BCUT2D eigenvalue weighted by Gasteiger charge is -2.22. The molecule has 0 radical (unpaired) electrons. The van der Waals surface area contributed by atoms with E-state index in [-0.39, 0.29) is 24.4 Å². The van der Waals surface area contributed by atoms with Gasteiger partial charge in [0.05, 0.1) is 12.7 Å². The van der Waals surface area contributed by atoms with E-state index < -0.39 is 0 Å². The molecule has 4 nitrogen and oxygen atoms in total. The van der Waals surface area contributed by atoms with Crippen LogP contribution in [0.4, 0.5) is 0 Å². The quantitative estimate of drug-likeness (QED) is 0.711. The molecule has 0 heterocycles. The molecule has 0 fully saturated rings. The third kappa shape index (κ3) is 6.00. The SMILES string of the molecule is COc1ccc(C(=O)N(C)CCC(N)C(C)C)c(I)c1.Cl. The Morgan fingerprint density at radius 2 is 2.05 bits per heavy atom. The topological polar surface area (TPSA) is 55.6 Å². The van der Waals surface area contributed by atoms with Gasteiger partial charge < -0.3 is 15.4 Å². The Labute approximate surface area is 147 Å². The maximum atomic E-state index is 12.4. The molecule has 0 aliphatic carbocycles. The van der Waals surface area contributed by atoms with E-state index in [0.717, 1.165) is 15.7 Å². The summed E-state index contributed by atoms with van der Waals surface area (Å²) in [6.45, 7) is 4.86. The lowest BCUT2D eigenvalue weighted by atomic mass is 10.0. The van der Waals surface area contributed by atoms with Gasteiger partial charge in [-0.1, -0.05) is 13.8 Å². The van der Waals surface area contributed by atoms with Crippen LogP contribution in [0.1, 0.15) is 30.6 Å². The molecular formula is C15H24ClIN2O2. The third-order valence-electron chi connectivity index (χ3n) is 3.41. The molecule has 1 atom stereocenters. The first-order chi connectivity index (χ1) is 9.36. The molecule has 120 valence electrons. The fourth-order valence-corrected chi connectivity index (χ4v) is 2.50. The van der Waals surface area contributed by atoms with E-state index in [4.69, 9.17) is 10.5 Å². The zero-order valence-electron chi connectivity index (χ0n) is 12.9. The summed E-state index contributed by atoms with van der Waals surface area (Å²) < 4.78 is 6.04. The molecule has 2 N–H and O–H groups in total. The fourth-order valence-electron chi connectivity index (χ4n) is 1.78. The number of hydrogen-bond donors (Lipinski definition) is 1. The summed E-state index contributed by atoms with van der Waals surface area (Å²) in [7, 11) is 3.43. The van der Waals surface area contributed by atoms with Crippen LogP contribution in [-0.4, -0.2) is 37.6 Å². The highest BCUT2D eigenvalue weighted by atomic mass is 127. The highest BCUT2D eigenvalue weighted by Crippen LogP contribution is 2.20. The highest BCUT2D eigenvalue weighted by Gasteiger charge is 2.17. The number of carbonyl (C=O) groups is 1. The fraction of sp³-hybridized carbons (Fsp3) is 0.533. The second-order valence-electron chi connectivity index (χ2n) is 5.27. The van der Waals surface area contributed by atoms with Crippen LogP contribution < -0.4 is 10.5 Å². The van der Waals surface area contributed by atoms with E-state index in [1.165, 1.54) is 0 Å². The summed E-state index contributed by atoms with van der Waals surface area (Å²) in [5.41, 5.74) is 6.72. The molecule has 1 aromatic rings. The maximum Gasteiger partial charge on any atom is 0.254 e. The van der Waals surface area contributed by atoms with Crippen LogP contribution in [0, 0.1) is 9.49 Å². The van der Waals surface area contributed by atoms with Crippen molar-refractivity contribution in [3.63, 3.8) is 0 Å². The third-order valence-corrected chi connectivity index (χ3v) is 4.30. The number of carbonyl (C=O) groups excluding carboxylic acids is 1. The lowest BCUT2D eigenvalue weighted by Crippen LogP contribution is -2.34. The average molecular weight is 427 g/mol. The number of ether oxygens (including phenoxy) is 1. The lowest BCUT2D eigenvalue weighted by molar-refractivity contribution is 0.0788. The van der Waals surface area contributed by atoms with Crippen molar-refractivity contribution in [2.75, 3.05) is 20.7 Å². The van der Waals surface area contributed by atoms with E-state index in [0.29, 0.717) is 18.0 Å². The van der Waals surface area contributed by atoms with Crippen molar-refractivity contribution in [1.82, 2.24) is 4.90 Å². The van der Waals surface area contributed by atoms with Gasteiger partial charge in [0.2, 0.25) is 0 Å². The van der Waals surface area contributed by atoms with Gasteiger partial charge in [0.1, 0.15) is 5.75 Å². The van der Waals surface area contributed by atoms with Gasteiger partial charge in [-0.3, -0.25) is 4.79 Å². The monoisotopic (exact) mass is 426 g/mol. The smallest absolute Gasteiger partial charge is 0.254 e. The average Bonchev–Trinajstić information content (AvgIpc) is 2.43. The molecule has 0 aliphatic heterocycles.